The summed E-state index contributed by atoms with van der Waals surface area (Å²) < 4.78 is 13.8. The standard InChI is InChI=1S/C13H10BrFN2O/c14-9-4-6-11(7-5-9)16-13(18)17-12-3-1-2-10(15)8-12/h1-8H,(H2,16,17,18). The SMILES string of the molecule is O=C(Nc1ccc(Br)cc1)Nc1cccc(F)c1. The summed E-state index contributed by atoms with van der Waals surface area (Å²) in [6.45, 7) is 0. The molecule has 0 saturated heterocycles. The van der Waals surface area contributed by atoms with Crippen LogP contribution in [0.5, 0.6) is 0 Å². The summed E-state index contributed by atoms with van der Waals surface area (Å²) in [7, 11) is 0. The lowest BCUT2D eigenvalue weighted by Crippen LogP contribution is -2.19. The van der Waals surface area contributed by atoms with Crippen molar-refractivity contribution in [3.8, 4) is 0 Å². The number of rotatable bonds is 2. The number of benzene rings is 2. The van der Waals surface area contributed by atoms with E-state index in [1.165, 1.54) is 18.2 Å². The van der Waals surface area contributed by atoms with Gasteiger partial charge in [0.25, 0.3) is 0 Å². The Morgan fingerprint density at radius 2 is 1.67 bits per heavy atom. The van der Waals surface area contributed by atoms with E-state index < -0.39 is 11.8 Å². The molecule has 2 rings (SSSR count). The highest BCUT2D eigenvalue weighted by Crippen LogP contribution is 2.15. The maximum Gasteiger partial charge on any atom is 0.323 e. The van der Waals surface area contributed by atoms with Crippen molar-refractivity contribution < 1.29 is 9.18 Å². The van der Waals surface area contributed by atoms with Crippen molar-refractivity contribution in [3.05, 3.63) is 58.8 Å². The zero-order valence-corrected chi connectivity index (χ0v) is 10.9. The largest absolute Gasteiger partial charge is 0.323 e. The van der Waals surface area contributed by atoms with Crippen LogP contribution in [0.25, 0.3) is 0 Å². The minimum Gasteiger partial charge on any atom is -0.308 e. The molecule has 0 aliphatic carbocycles. The maximum absolute atomic E-state index is 12.9. The molecular formula is C13H10BrFN2O. The molecule has 0 radical (unpaired) electrons. The summed E-state index contributed by atoms with van der Waals surface area (Å²) in [6.07, 6.45) is 0. The Morgan fingerprint density at radius 1 is 1.00 bits per heavy atom. The van der Waals surface area contributed by atoms with Crippen molar-refractivity contribution >= 4 is 33.3 Å². The van der Waals surface area contributed by atoms with Crippen molar-refractivity contribution in [1.29, 1.82) is 0 Å². The van der Waals surface area contributed by atoms with Crippen molar-refractivity contribution in [2.45, 2.75) is 0 Å². The molecule has 0 fully saturated rings. The fourth-order valence-corrected chi connectivity index (χ4v) is 1.66. The third-order valence-electron chi connectivity index (χ3n) is 2.18. The van der Waals surface area contributed by atoms with Gasteiger partial charge in [0.15, 0.2) is 0 Å². The maximum atomic E-state index is 12.9. The molecule has 5 heteroatoms. The van der Waals surface area contributed by atoms with E-state index in [2.05, 4.69) is 26.6 Å². The van der Waals surface area contributed by atoms with E-state index in [4.69, 9.17) is 0 Å². The average molecular weight is 309 g/mol. The van der Waals surface area contributed by atoms with E-state index in [0.717, 1.165) is 4.47 Å². The fraction of sp³-hybridized carbons (Fsp3) is 0. The number of halogens is 2. The Labute approximate surface area is 112 Å². The van der Waals surface area contributed by atoms with Crippen LogP contribution < -0.4 is 10.6 Å². The first-order chi connectivity index (χ1) is 8.63. The van der Waals surface area contributed by atoms with E-state index in [1.807, 2.05) is 12.1 Å². The van der Waals surface area contributed by atoms with Gasteiger partial charge in [-0.25, -0.2) is 9.18 Å². The average Bonchev–Trinajstić information content (AvgIpc) is 2.32. The normalized spacial score (nSPS) is 9.89. The first-order valence-corrected chi connectivity index (χ1v) is 6.02. The third-order valence-corrected chi connectivity index (χ3v) is 2.71. The van der Waals surface area contributed by atoms with Gasteiger partial charge in [0.2, 0.25) is 0 Å². The number of carbonyl (C=O) groups excluding carboxylic acids is 1. The number of urea groups is 1. The van der Waals surface area contributed by atoms with Gasteiger partial charge in [-0.15, -0.1) is 0 Å². The second kappa shape index (κ2) is 5.64. The summed E-state index contributed by atoms with van der Waals surface area (Å²) in [5.41, 5.74) is 1.07. The van der Waals surface area contributed by atoms with Gasteiger partial charge in [-0.1, -0.05) is 22.0 Å². The van der Waals surface area contributed by atoms with E-state index in [9.17, 15) is 9.18 Å². The summed E-state index contributed by atoms with van der Waals surface area (Å²) >= 11 is 3.30. The molecular weight excluding hydrogens is 299 g/mol. The summed E-state index contributed by atoms with van der Waals surface area (Å²) in [4.78, 5) is 11.6. The van der Waals surface area contributed by atoms with Gasteiger partial charge in [0.1, 0.15) is 5.82 Å². The Balaban J connectivity index is 1.98. The first kappa shape index (κ1) is 12.6. The molecule has 0 bridgehead atoms. The lowest BCUT2D eigenvalue weighted by molar-refractivity contribution is 0.262. The third kappa shape index (κ3) is 3.56. The molecule has 0 heterocycles. The second-order valence-corrected chi connectivity index (χ2v) is 4.51. The van der Waals surface area contributed by atoms with E-state index in [0.29, 0.717) is 11.4 Å². The van der Waals surface area contributed by atoms with Crippen LogP contribution in [0.15, 0.2) is 53.0 Å². The Morgan fingerprint density at radius 3 is 2.33 bits per heavy atom. The van der Waals surface area contributed by atoms with Crippen LogP contribution in [0.4, 0.5) is 20.6 Å². The van der Waals surface area contributed by atoms with E-state index >= 15 is 0 Å². The quantitative estimate of drug-likeness (QED) is 0.856. The molecule has 0 aliphatic rings. The summed E-state index contributed by atoms with van der Waals surface area (Å²) in [5, 5.41) is 5.19. The number of amides is 2. The molecule has 0 saturated carbocycles. The number of anilines is 2. The van der Waals surface area contributed by atoms with Gasteiger partial charge in [0, 0.05) is 15.8 Å². The Hall–Kier alpha value is -1.88. The van der Waals surface area contributed by atoms with Gasteiger partial charge >= 0.3 is 6.03 Å². The van der Waals surface area contributed by atoms with Crippen LogP contribution in [-0.2, 0) is 0 Å². The molecule has 92 valence electrons. The van der Waals surface area contributed by atoms with E-state index in [1.54, 1.807) is 18.2 Å². The van der Waals surface area contributed by atoms with Crippen molar-refractivity contribution in [3.63, 3.8) is 0 Å². The zero-order valence-electron chi connectivity index (χ0n) is 9.28. The predicted molar refractivity (Wildman–Crippen MR) is 73.2 cm³/mol. The van der Waals surface area contributed by atoms with Gasteiger partial charge in [-0.05, 0) is 42.5 Å². The lowest BCUT2D eigenvalue weighted by Gasteiger charge is -2.07. The highest BCUT2D eigenvalue weighted by molar-refractivity contribution is 9.10. The minimum absolute atomic E-state index is 0.392. The summed E-state index contributed by atoms with van der Waals surface area (Å²) in [5.74, 6) is -0.392. The van der Waals surface area contributed by atoms with E-state index in [-0.39, 0.29) is 0 Å². The van der Waals surface area contributed by atoms with Crippen LogP contribution in [0.3, 0.4) is 0 Å². The molecule has 0 aliphatic heterocycles. The molecule has 0 unspecified atom stereocenters. The predicted octanol–water partition coefficient (Wildman–Crippen LogP) is 4.23. The smallest absolute Gasteiger partial charge is 0.308 e. The number of nitrogens with one attached hydrogen (secondary N) is 2. The lowest BCUT2D eigenvalue weighted by atomic mass is 10.3. The Bertz CT molecular complexity index is 557. The topological polar surface area (TPSA) is 41.1 Å². The number of carbonyl (C=O) groups is 1. The van der Waals surface area contributed by atoms with Crippen LogP contribution >= 0.6 is 15.9 Å². The summed E-state index contributed by atoms with van der Waals surface area (Å²) in [6, 6.07) is 12.5. The highest BCUT2D eigenvalue weighted by Gasteiger charge is 2.03. The molecule has 3 nitrogen and oxygen atoms in total. The van der Waals surface area contributed by atoms with Gasteiger partial charge in [-0.2, -0.15) is 0 Å². The van der Waals surface area contributed by atoms with Crippen LogP contribution in [0, 0.1) is 5.82 Å². The molecule has 2 amide bonds. The van der Waals surface area contributed by atoms with Gasteiger partial charge in [-0.3, -0.25) is 0 Å². The molecule has 0 spiro atoms. The molecule has 18 heavy (non-hydrogen) atoms. The van der Waals surface area contributed by atoms with Gasteiger partial charge < -0.3 is 10.6 Å². The second-order valence-electron chi connectivity index (χ2n) is 3.60. The van der Waals surface area contributed by atoms with Crippen LogP contribution in [0.1, 0.15) is 0 Å². The van der Waals surface area contributed by atoms with Crippen molar-refractivity contribution in [2.24, 2.45) is 0 Å². The monoisotopic (exact) mass is 308 g/mol. The Kier molecular flexibility index (Phi) is 3.94. The molecule has 2 aromatic rings. The van der Waals surface area contributed by atoms with Crippen LogP contribution in [0.2, 0.25) is 0 Å². The zero-order chi connectivity index (χ0) is 13.0. The number of hydrogen-bond acceptors (Lipinski definition) is 1. The fourth-order valence-electron chi connectivity index (χ4n) is 1.39. The van der Waals surface area contributed by atoms with Crippen molar-refractivity contribution in [1.82, 2.24) is 0 Å². The van der Waals surface area contributed by atoms with Gasteiger partial charge in [0.05, 0.1) is 0 Å². The minimum atomic E-state index is -0.414. The highest BCUT2D eigenvalue weighted by atomic mass is 79.9. The van der Waals surface area contributed by atoms with Crippen LogP contribution in [-0.4, -0.2) is 6.03 Å². The molecule has 0 atom stereocenters. The molecule has 2 aromatic carbocycles. The van der Waals surface area contributed by atoms with Crippen molar-refractivity contribution in [2.75, 3.05) is 10.6 Å². The first-order valence-electron chi connectivity index (χ1n) is 5.22. The molecule has 0 aromatic heterocycles. The number of hydrogen-bond donors (Lipinski definition) is 2. The molecule has 2 N–H and O–H groups in total.